The molecule has 0 aliphatic carbocycles. The molecule has 69 heavy (non-hydrogen) atoms. The first kappa shape index (κ1) is 64.6. The Hall–Kier alpha value is -2.42. The van der Waals surface area contributed by atoms with Gasteiger partial charge in [-0.05, 0) is 63.2 Å². The SMILES string of the molecule is CC(C)(C)c1cc(CCC(=O)O)cc(C(C)(C)C)c1O.CCCCCCCCCCCCCCCCCC(=O)Oc1c(C(C)(C)C)cc(CCC(=O)O)cc1C(C)(C)C.[CH2-]C12COP(OC1)OC2.[Zn]. The second kappa shape index (κ2) is 30.6. The van der Waals surface area contributed by atoms with Crippen molar-refractivity contribution in [2.24, 2.45) is 5.41 Å². The van der Waals surface area contributed by atoms with E-state index in [-0.39, 0.29) is 65.4 Å². The van der Waals surface area contributed by atoms with E-state index in [9.17, 15) is 19.5 Å². The first-order valence-electron chi connectivity index (χ1n) is 25.8. The number of ether oxygens (including phenoxy) is 1. The van der Waals surface area contributed by atoms with Crippen molar-refractivity contribution in [3.05, 3.63) is 64.6 Å². The number of phenols is 1. The summed E-state index contributed by atoms with van der Waals surface area (Å²) in [6.45, 7) is 33.3. The van der Waals surface area contributed by atoms with Gasteiger partial charge in [0.15, 0.2) is 0 Å². The fourth-order valence-electron chi connectivity index (χ4n) is 8.15. The number of phenolic OH excluding ortho intramolecular Hbond substituents is 1. The summed E-state index contributed by atoms with van der Waals surface area (Å²) in [6, 6.07) is 7.95. The van der Waals surface area contributed by atoms with Gasteiger partial charge in [-0.25, -0.2) is 0 Å². The number of aryl methyl sites for hydroxylation is 2. The number of aliphatic carboxylic acids is 2. The monoisotopic (exact) mass is 1030 g/mol. The van der Waals surface area contributed by atoms with Crippen LogP contribution in [-0.4, -0.2) is 53.0 Å². The summed E-state index contributed by atoms with van der Waals surface area (Å²) in [5.41, 5.74) is 4.72. The molecular formula is C57H94O10PZn-. The summed E-state index contributed by atoms with van der Waals surface area (Å²) >= 11 is 0. The van der Waals surface area contributed by atoms with Crippen LogP contribution in [0.1, 0.15) is 239 Å². The summed E-state index contributed by atoms with van der Waals surface area (Å²) in [4.78, 5) is 34.8. The predicted octanol–water partition coefficient (Wildman–Crippen LogP) is 15.6. The average Bonchev–Trinajstić information content (AvgIpc) is 3.23. The second-order valence-corrected chi connectivity index (χ2v) is 24.8. The maximum absolute atomic E-state index is 12.9. The van der Waals surface area contributed by atoms with Crippen LogP contribution in [0.3, 0.4) is 0 Å². The number of carbonyl (C=O) groups excluding carboxylic acids is 1. The molecule has 0 amide bonds. The normalized spacial score (nSPS) is 16.9. The molecule has 0 radical (unpaired) electrons. The fourth-order valence-corrected chi connectivity index (χ4v) is 9.51. The maximum atomic E-state index is 12.9. The van der Waals surface area contributed by atoms with Crippen molar-refractivity contribution in [2.45, 2.75) is 240 Å². The molecule has 390 valence electrons. The van der Waals surface area contributed by atoms with E-state index in [1.54, 1.807) is 0 Å². The van der Waals surface area contributed by atoms with Crippen molar-refractivity contribution in [3.63, 3.8) is 0 Å². The van der Waals surface area contributed by atoms with Crippen molar-refractivity contribution in [1.82, 2.24) is 0 Å². The van der Waals surface area contributed by atoms with Crippen LogP contribution >= 0.6 is 8.60 Å². The number of unbranched alkanes of at least 4 members (excludes halogenated alkanes) is 14. The van der Waals surface area contributed by atoms with E-state index in [1.165, 1.54) is 83.5 Å². The number of hydrogen-bond donors (Lipinski definition) is 3. The Labute approximate surface area is 433 Å². The van der Waals surface area contributed by atoms with Crippen LogP contribution in [0, 0.1) is 12.3 Å². The van der Waals surface area contributed by atoms with Gasteiger partial charge in [-0.15, -0.1) is 0 Å². The van der Waals surface area contributed by atoms with Gasteiger partial charge in [0.05, 0.1) is 0 Å². The first-order valence-corrected chi connectivity index (χ1v) is 26.9. The second-order valence-electron chi connectivity index (χ2n) is 23.6. The molecule has 3 saturated heterocycles. The van der Waals surface area contributed by atoms with E-state index >= 15 is 0 Å². The van der Waals surface area contributed by atoms with Crippen LogP contribution < -0.4 is 4.74 Å². The summed E-state index contributed by atoms with van der Waals surface area (Å²) in [6.07, 6.45) is 21.1. The minimum Gasteiger partial charge on any atom is -0.507 e. The smallest absolute Gasteiger partial charge is 0.332 e. The minimum absolute atomic E-state index is 0. The third kappa shape index (κ3) is 25.2. The van der Waals surface area contributed by atoms with Gasteiger partial charge in [-0.2, -0.15) is 0 Å². The van der Waals surface area contributed by atoms with Crippen LogP contribution in [0.5, 0.6) is 11.5 Å². The molecule has 0 unspecified atom stereocenters. The van der Waals surface area contributed by atoms with Gasteiger partial charge < -0.3 is 40.6 Å². The zero-order chi connectivity index (χ0) is 51.3. The Morgan fingerprint density at radius 2 is 0.855 bits per heavy atom. The van der Waals surface area contributed by atoms with Crippen LogP contribution in [-0.2, 0) is 81.9 Å². The quantitative estimate of drug-likeness (QED) is 0.0245. The number of carboxylic acids is 2. The molecule has 12 heteroatoms. The predicted molar refractivity (Wildman–Crippen MR) is 279 cm³/mol. The summed E-state index contributed by atoms with van der Waals surface area (Å²) in [5, 5.41) is 28.6. The fraction of sp³-hybridized carbons (Fsp3) is 0.719. The Kier molecular flexibility index (Phi) is 28.6. The van der Waals surface area contributed by atoms with Gasteiger partial charge in [0, 0.05) is 69.7 Å². The zero-order valence-corrected chi connectivity index (χ0v) is 49.5. The van der Waals surface area contributed by atoms with Crippen molar-refractivity contribution >= 4 is 26.5 Å². The van der Waals surface area contributed by atoms with E-state index < -0.39 is 20.5 Å². The molecule has 0 spiro atoms. The largest absolute Gasteiger partial charge is 0.507 e. The molecule has 2 aromatic rings. The number of aromatic hydroxyl groups is 1. The molecule has 3 heterocycles. The van der Waals surface area contributed by atoms with Crippen molar-refractivity contribution in [2.75, 3.05) is 19.8 Å². The van der Waals surface area contributed by atoms with Gasteiger partial charge in [0.1, 0.15) is 11.5 Å². The molecule has 3 aliphatic heterocycles. The molecule has 3 aliphatic rings. The molecule has 0 aromatic heterocycles. The zero-order valence-electron chi connectivity index (χ0n) is 45.6. The van der Waals surface area contributed by atoms with Crippen LogP contribution in [0.15, 0.2) is 24.3 Å². The van der Waals surface area contributed by atoms with Crippen molar-refractivity contribution in [1.29, 1.82) is 0 Å². The molecule has 2 aromatic carbocycles. The van der Waals surface area contributed by atoms with Crippen LogP contribution in [0.2, 0.25) is 0 Å². The molecule has 5 rings (SSSR count). The molecule has 3 fully saturated rings. The van der Waals surface area contributed by atoms with Crippen molar-refractivity contribution < 1.29 is 67.5 Å². The van der Waals surface area contributed by atoms with Gasteiger partial charge in [-0.3, -0.25) is 14.4 Å². The number of fused-ring (bicyclic) bond motifs is 3. The Bertz CT molecular complexity index is 1760. The minimum atomic E-state index is -0.975. The third-order valence-corrected chi connectivity index (χ3v) is 13.5. The molecule has 2 bridgehead atoms. The van der Waals surface area contributed by atoms with Crippen LogP contribution in [0.4, 0.5) is 0 Å². The first-order chi connectivity index (χ1) is 31.6. The number of hydrogen-bond acceptors (Lipinski definition) is 8. The summed E-state index contributed by atoms with van der Waals surface area (Å²) < 4.78 is 21.5. The van der Waals surface area contributed by atoms with Crippen molar-refractivity contribution in [3.8, 4) is 11.5 Å². The Morgan fingerprint density at radius 3 is 1.13 bits per heavy atom. The summed E-state index contributed by atoms with van der Waals surface area (Å²) in [7, 11) is -0.975. The number of carbonyl (C=O) groups is 3. The third-order valence-electron chi connectivity index (χ3n) is 12.4. The van der Waals surface area contributed by atoms with E-state index in [4.69, 9.17) is 28.5 Å². The van der Waals surface area contributed by atoms with Gasteiger partial charge >= 0.3 is 26.5 Å². The van der Waals surface area contributed by atoms with Gasteiger partial charge in [0.2, 0.25) is 0 Å². The molecule has 0 atom stereocenters. The van der Waals surface area contributed by atoms with E-state index in [0.717, 1.165) is 46.2 Å². The number of esters is 1. The molecular weight excluding hydrogens is 941 g/mol. The summed E-state index contributed by atoms with van der Waals surface area (Å²) in [5.74, 6) is -0.764. The molecule has 0 saturated carbocycles. The number of carboxylic acid groups (broad SMARTS) is 2. The number of rotatable bonds is 23. The Balaban J connectivity index is 0.000000647. The molecule has 3 N–H and O–H groups in total. The standard InChI is InChI=1S/C35H60O4.C17H26O3.C5H8O3P.Zn/c1-8-9-10-11-12-13-14-15-16-17-18-19-20-21-22-23-32(38)39-33-29(34(2,3)4)26-28(24-25-31(36)37)27-30(33)35(5,6)7;1-16(2,3)12-9-11(7-8-14(18)19)10-13(15(12)20)17(4,5)6;1-5-2-6-9(7-3-5)8-4-5;/h26-27H,8-25H2,1-7H3,(H,36,37);9-10,20H,7-8H2,1-6H3,(H,18,19);1-4H2;/q;;-1;. The molecule has 10 nitrogen and oxygen atoms in total. The number of benzene rings is 2. The van der Waals surface area contributed by atoms with Crippen LogP contribution in [0.25, 0.3) is 0 Å². The average molecular weight is 1040 g/mol. The van der Waals surface area contributed by atoms with Gasteiger partial charge in [-0.1, -0.05) is 210 Å². The Morgan fingerprint density at radius 1 is 0.551 bits per heavy atom. The van der Waals surface area contributed by atoms with E-state index in [2.05, 4.69) is 96.9 Å². The van der Waals surface area contributed by atoms with E-state index in [1.807, 2.05) is 24.3 Å². The maximum Gasteiger partial charge on any atom is 0.332 e. The van der Waals surface area contributed by atoms with Gasteiger partial charge in [0.25, 0.3) is 0 Å². The topological polar surface area (TPSA) is 149 Å². The van der Waals surface area contributed by atoms with E-state index in [0.29, 0.717) is 50.6 Å².